The molecule has 0 amide bonds. The van der Waals surface area contributed by atoms with Gasteiger partial charge in [0.2, 0.25) is 0 Å². The van der Waals surface area contributed by atoms with E-state index in [0.717, 1.165) is 12.1 Å². The molecule has 1 atom stereocenters. The van der Waals surface area contributed by atoms with Gasteiger partial charge in [0, 0.05) is 7.05 Å². The lowest BCUT2D eigenvalue weighted by Gasteiger charge is -2.20. The lowest BCUT2D eigenvalue weighted by molar-refractivity contribution is 0.441. The maximum Gasteiger partial charge on any atom is 0.194 e. The van der Waals surface area contributed by atoms with E-state index in [1.165, 1.54) is 0 Å². The molecule has 1 heterocycles. The molecule has 0 saturated carbocycles. The van der Waals surface area contributed by atoms with Crippen molar-refractivity contribution in [2.75, 3.05) is 6.54 Å². The fourth-order valence-corrected chi connectivity index (χ4v) is 2.64. The van der Waals surface area contributed by atoms with E-state index < -0.39 is 23.5 Å². The van der Waals surface area contributed by atoms with Gasteiger partial charge in [-0.25, -0.2) is 13.2 Å². The van der Waals surface area contributed by atoms with Crippen LogP contribution >= 0.6 is 15.9 Å². The Hall–Kier alpha value is -1.34. The van der Waals surface area contributed by atoms with Gasteiger partial charge < -0.3 is 5.32 Å². The second-order valence-electron chi connectivity index (χ2n) is 4.29. The van der Waals surface area contributed by atoms with Gasteiger partial charge in [-0.1, -0.05) is 6.92 Å². The molecule has 2 aromatic rings. The SMILES string of the molecule is CCNC(c1cc(F)c(F)c(F)c1)c1c(Br)cnn1C. The van der Waals surface area contributed by atoms with Crippen LogP contribution in [0.4, 0.5) is 13.2 Å². The van der Waals surface area contributed by atoms with E-state index in [9.17, 15) is 13.2 Å². The summed E-state index contributed by atoms with van der Waals surface area (Å²) in [5.41, 5.74) is 1.00. The summed E-state index contributed by atoms with van der Waals surface area (Å²) in [5.74, 6) is -3.88. The quantitative estimate of drug-likeness (QED) is 0.860. The number of aromatic nitrogens is 2. The molecule has 1 aromatic heterocycles. The Morgan fingerprint density at radius 3 is 2.35 bits per heavy atom. The van der Waals surface area contributed by atoms with Crippen LogP contribution in [0.15, 0.2) is 22.8 Å². The maximum atomic E-state index is 13.4. The molecule has 0 aliphatic heterocycles. The number of nitrogens with one attached hydrogen (secondary N) is 1. The van der Waals surface area contributed by atoms with Gasteiger partial charge in [-0.05, 0) is 40.2 Å². The molecule has 0 radical (unpaired) electrons. The standard InChI is InChI=1S/C13H13BrF3N3/c1-3-18-12(13-8(14)6-19-20(13)2)7-4-9(15)11(17)10(16)5-7/h4-6,12,18H,3H2,1-2H3. The van der Waals surface area contributed by atoms with Gasteiger partial charge in [-0.15, -0.1) is 0 Å². The number of hydrogen-bond acceptors (Lipinski definition) is 2. The molecular weight excluding hydrogens is 335 g/mol. The van der Waals surface area contributed by atoms with Crippen LogP contribution in [0.25, 0.3) is 0 Å². The lowest BCUT2D eigenvalue weighted by atomic mass is 10.0. The second-order valence-corrected chi connectivity index (χ2v) is 5.14. The minimum atomic E-state index is -1.46. The van der Waals surface area contributed by atoms with Crippen LogP contribution in [0.5, 0.6) is 0 Å². The number of benzene rings is 1. The molecule has 0 aliphatic rings. The molecule has 0 spiro atoms. The molecule has 1 aromatic carbocycles. The zero-order valence-electron chi connectivity index (χ0n) is 10.9. The van der Waals surface area contributed by atoms with Gasteiger partial charge in [0.1, 0.15) is 0 Å². The second kappa shape index (κ2) is 5.97. The third-order valence-electron chi connectivity index (χ3n) is 2.96. The van der Waals surface area contributed by atoms with Gasteiger partial charge in [0.05, 0.1) is 22.4 Å². The van der Waals surface area contributed by atoms with E-state index in [1.54, 1.807) is 17.9 Å². The summed E-state index contributed by atoms with van der Waals surface area (Å²) >= 11 is 3.35. The van der Waals surface area contributed by atoms with Crippen LogP contribution in [-0.4, -0.2) is 16.3 Å². The number of hydrogen-bond donors (Lipinski definition) is 1. The van der Waals surface area contributed by atoms with Gasteiger partial charge in [0.15, 0.2) is 17.5 Å². The summed E-state index contributed by atoms with van der Waals surface area (Å²) in [6, 6.07) is 1.49. The van der Waals surface area contributed by atoms with Crippen molar-refractivity contribution in [2.24, 2.45) is 7.05 Å². The van der Waals surface area contributed by atoms with Crippen molar-refractivity contribution in [3.05, 3.63) is 51.5 Å². The predicted molar refractivity (Wildman–Crippen MR) is 72.7 cm³/mol. The third kappa shape index (κ3) is 2.73. The fourth-order valence-electron chi connectivity index (χ4n) is 2.06. The first-order chi connectivity index (χ1) is 9.45. The Kier molecular flexibility index (Phi) is 4.49. The van der Waals surface area contributed by atoms with Crippen molar-refractivity contribution >= 4 is 15.9 Å². The highest BCUT2D eigenvalue weighted by Gasteiger charge is 2.23. The highest BCUT2D eigenvalue weighted by Crippen LogP contribution is 2.29. The number of nitrogens with zero attached hydrogens (tertiary/aromatic N) is 2. The molecule has 7 heteroatoms. The Morgan fingerprint density at radius 1 is 1.30 bits per heavy atom. The van der Waals surface area contributed by atoms with Crippen molar-refractivity contribution < 1.29 is 13.2 Å². The highest BCUT2D eigenvalue weighted by molar-refractivity contribution is 9.10. The van der Waals surface area contributed by atoms with Gasteiger partial charge in [-0.2, -0.15) is 5.10 Å². The van der Waals surface area contributed by atoms with Crippen LogP contribution in [0.3, 0.4) is 0 Å². The largest absolute Gasteiger partial charge is 0.305 e. The molecule has 1 unspecified atom stereocenters. The van der Waals surface area contributed by atoms with E-state index in [4.69, 9.17) is 0 Å². The average molecular weight is 348 g/mol. The zero-order chi connectivity index (χ0) is 14.9. The van der Waals surface area contributed by atoms with Crippen molar-refractivity contribution in [2.45, 2.75) is 13.0 Å². The monoisotopic (exact) mass is 347 g/mol. The summed E-state index contributed by atoms with van der Waals surface area (Å²) in [6.45, 7) is 2.44. The molecule has 108 valence electrons. The van der Waals surface area contributed by atoms with E-state index >= 15 is 0 Å². The topological polar surface area (TPSA) is 29.9 Å². The average Bonchev–Trinajstić information content (AvgIpc) is 2.72. The van der Waals surface area contributed by atoms with Crippen molar-refractivity contribution in [1.29, 1.82) is 0 Å². The van der Waals surface area contributed by atoms with Gasteiger partial charge in [0.25, 0.3) is 0 Å². The van der Waals surface area contributed by atoms with E-state index in [1.807, 2.05) is 6.92 Å². The predicted octanol–water partition coefficient (Wildman–Crippen LogP) is 3.30. The number of halogens is 4. The zero-order valence-corrected chi connectivity index (χ0v) is 12.5. The van der Waals surface area contributed by atoms with E-state index in [0.29, 0.717) is 22.3 Å². The minimum absolute atomic E-state index is 0.299. The molecule has 1 N–H and O–H groups in total. The molecular formula is C13H13BrF3N3. The Morgan fingerprint density at radius 2 is 1.90 bits per heavy atom. The first-order valence-electron chi connectivity index (χ1n) is 6.01. The lowest BCUT2D eigenvalue weighted by Crippen LogP contribution is -2.25. The summed E-state index contributed by atoms with van der Waals surface area (Å²) < 4.78 is 42.2. The highest BCUT2D eigenvalue weighted by atomic mass is 79.9. The minimum Gasteiger partial charge on any atom is -0.305 e. The van der Waals surface area contributed by atoms with Crippen LogP contribution in [0.2, 0.25) is 0 Å². The smallest absolute Gasteiger partial charge is 0.194 e. The number of aryl methyl sites for hydroxylation is 1. The molecule has 0 fully saturated rings. The van der Waals surface area contributed by atoms with Crippen LogP contribution < -0.4 is 5.32 Å². The summed E-state index contributed by atoms with van der Waals surface area (Å²) in [6.07, 6.45) is 1.59. The first-order valence-corrected chi connectivity index (χ1v) is 6.80. The summed E-state index contributed by atoms with van der Waals surface area (Å²) in [4.78, 5) is 0. The maximum absolute atomic E-state index is 13.4. The summed E-state index contributed by atoms with van der Waals surface area (Å²) in [7, 11) is 1.72. The Balaban J connectivity index is 2.54. The van der Waals surface area contributed by atoms with Gasteiger partial charge in [-0.3, -0.25) is 4.68 Å². The normalized spacial score (nSPS) is 12.7. The first kappa shape index (κ1) is 15.1. The molecule has 0 aliphatic carbocycles. The van der Waals surface area contributed by atoms with Gasteiger partial charge >= 0.3 is 0 Å². The summed E-state index contributed by atoms with van der Waals surface area (Å²) in [5, 5.41) is 7.19. The van der Waals surface area contributed by atoms with Crippen LogP contribution in [0, 0.1) is 17.5 Å². The van der Waals surface area contributed by atoms with Crippen molar-refractivity contribution in [1.82, 2.24) is 15.1 Å². The van der Waals surface area contributed by atoms with Crippen LogP contribution in [-0.2, 0) is 7.05 Å². The Labute approximate surface area is 122 Å². The van der Waals surface area contributed by atoms with Crippen molar-refractivity contribution in [3.8, 4) is 0 Å². The van der Waals surface area contributed by atoms with E-state index in [-0.39, 0.29) is 0 Å². The van der Waals surface area contributed by atoms with E-state index in [2.05, 4.69) is 26.3 Å². The Bertz CT molecular complexity index is 585. The third-order valence-corrected chi connectivity index (χ3v) is 3.57. The molecule has 0 saturated heterocycles. The molecule has 3 nitrogen and oxygen atoms in total. The molecule has 0 bridgehead atoms. The number of rotatable bonds is 4. The molecule has 20 heavy (non-hydrogen) atoms. The fraction of sp³-hybridized carbons (Fsp3) is 0.308. The molecule has 2 rings (SSSR count). The van der Waals surface area contributed by atoms with Crippen LogP contribution in [0.1, 0.15) is 24.2 Å². The van der Waals surface area contributed by atoms with Crippen molar-refractivity contribution in [3.63, 3.8) is 0 Å².